The fourth-order valence-electron chi connectivity index (χ4n) is 3.65. The number of nitrogens with zero attached hydrogens (tertiary/aromatic N) is 4. The molecule has 12 heteroatoms. The zero-order chi connectivity index (χ0) is 27.1. The lowest BCUT2D eigenvalue weighted by Gasteiger charge is -2.41. The molecule has 3 heterocycles. The number of fused-ring (bicyclic) bond motifs is 1. The highest BCUT2D eigenvalue weighted by atomic mass is 28.4. The first-order valence-corrected chi connectivity index (χ1v) is 18.4. The first-order chi connectivity index (χ1) is 16.5. The van der Waals surface area contributed by atoms with Crippen LogP contribution in [0.5, 0.6) is 0 Å². The van der Waals surface area contributed by atoms with Crippen molar-refractivity contribution in [1.82, 2.24) is 19.5 Å². The fourth-order valence-corrected chi connectivity index (χ4v) is 5.99. The molecule has 2 aromatic rings. The van der Waals surface area contributed by atoms with Crippen molar-refractivity contribution in [2.75, 3.05) is 25.6 Å². The highest BCUT2D eigenvalue weighted by molar-refractivity contribution is 6.74. The summed E-state index contributed by atoms with van der Waals surface area (Å²) < 4.78 is 28.3. The Morgan fingerprint density at radius 3 is 2.22 bits per heavy atom. The van der Waals surface area contributed by atoms with Gasteiger partial charge in [0, 0.05) is 0 Å². The minimum Gasteiger partial charge on any atom is -0.414 e. The SMILES string of the molecule is CC(C)(C)[Si](C)(C)OC[C@H]1O[C@@H](n2cnc3c(N)ncnc32)[C@H](OCCO)[C@@H]1O[Si](C)(C)C(C)(C)C. The Labute approximate surface area is 217 Å². The lowest BCUT2D eigenvalue weighted by Crippen LogP contribution is -2.51. The summed E-state index contributed by atoms with van der Waals surface area (Å²) in [6, 6.07) is 0. The summed E-state index contributed by atoms with van der Waals surface area (Å²) in [4.78, 5) is 12.9. The third kappa shape index (κ3) is 5.84. The Bertz CT molecular complexity index is 1030. The Hall–Kier alpha value is -1.42. The number of aromatic nitrogens is 4. The van der Waals surface area contributed by atoms with E-state index in [4.69, 9.17) is 24.1 Å². The number of imidazole rings is 1. The maximum absolute atomic E-state index is 9.59. The molecule has 0 unspecified atom stereocenters. The molecule has 2 aromatic heterocycles. The maximum atomic E-state index is 9.59. The minimum absolute atomic E-state index is 0.0131. The van der Waals surface area contributed by atoms with E-state index >= 15 is 0 Å². The largest absolute Gasteiger partial charge is 0.414 e. The second-order valence-electron chi connectivity index (χ2n) is 12.6. The third-order valence-corrected chi connectivity index (χ3v) is 17.0. The molecule has 0 bridgehead atoms. The van der Waals surface area contributed by atoms with E-state index in [9.17, 15) is 5.11 Å². The number of anilines is 1. The molecular formula is C24H45N5O5Si2. The quantitative estimate of drug-likeness (QED) is 0.453. The Kier molecular flexibility index (Phi) is 8.41. The predicted molar refractivity (Wildman–Crippen MR) is 146 cm³/mol. The summed E-state index contributed by atoms with van der Waals surface area (Å²) >= 11 is 0. The molecule has 1 aliphatic rings. The molecule has 0 saturated carbocycles. The Morgan fingerprint density at radius 1 is 1.00 bits per heavy atom. The molecule has 1 fully saturated rings. The molecule has 3 rings (SSSR count). The van der Waals surface area contributed by atoms with Crippen molar-refractivity contribution >= 4 is 33.6 Å². The van der Waals surface area contributed by atoms with Crippen LogP contribution in [0, 0.1) is 0 Å². The van der Waals surface area contributed by atoms with E-state index in [-0.39, 0.29) is 29.4 Å². The van der Waals surface area contributed by atoms with Gasteiger partial charge >= 0.3 is 0 Å². The van der Waals surface area contributed by atoms with Gasteiger partial charge in [0.25, 0.3) is 0 Å². The van der Waals surface area contributed by atoms with Crippen LogP contribution in [0.25, 0.3) is 11.2 Å². The smallest absolute Gasteiger partial charge is 0.192 e. The number of aliphatic hydroxyl groups is 1. The molecule has 0 amide bonds. The van der Waals surface area contributed by atoms with Crippen molar-refractivity contribution in [1.29, 1.82) is 0 Å². The summed E-state index contributed by atoms with van der Waals surface area (Å²) in [6.45, 7) is 22.6. The van der Waals surface area contributed by atoms with Crippen LogP contribution in [0.15, 0.2) is 12.7 Å². The third-order valence-electron chi connectivity index (χ3n) is 8.00. The lowest BCUT2D eigenvalue weighted by molar-refractivity contribution is -0.0751. The molecule has 1 aliphatic heterocycles. The molecule has 0 aromatic carbocycles. The van der Waals surface area contributed by atoms with E-state index in [1.165, 1.54) is 6.33 Å². The molecule has 10 nitrogen and oxygen atoms in total. The molecular weight excluding hydrogens is 494 g/mol. The average molecular weight is 540 g/mol. The summed E-state index contributed by atoms with van der Waals surface area (Å²) in [5.41, 5.74) is 7.10. The maximum Gasteiger partial charge on any atom is 0.192 e. The van der Waals surface area contributed by atoms with Gasteiger partial charge in [-0.3, -0.25) is 4.57 Å². The number of rotatable bonds is 9. The van der Waals surface area contributed by atoms with E-state index in [0.717, 1.165) is 0 Å². The fraction of sp³-hybridized carbons (Fsp3) is 0.792. The van der Waals surface area contributed by atoms with E-state index in [1.807, 2.05) is 4.57 Å². The van der Waals surface area contributed by atoms with Crippen LogP contribution in [0.4, 0.5) is 5.82 Å². The standard InChI is InChI=1S/C24H45N5O5Si2/c1-23(2,3)35(7,8)32-13-16-18(34-36(9,10)24(4,5)6)19(31-12-11-30)22(33-16)29-15-28-17-20(25)26-14-27-21(17)29/h14-16,18-19,22,30H,11-13H2,1-10H3,(H2,25,26,27)/t16-,18-,19-,22-/m1/s1. The number of hydrogen-bond donors (Lipinski definition) is 2. The van der Waals surface area contributed by atoms with Crippen LogP contribution >= 0.6 is 0 Å². The highest BCUT2D eigenvalue weighted by Crippen LogP contribution is 2.44. The zero-order valence-corrected chi connectivity index (χ0v) is 25.5. The summed E-state index contributed by atoms with van der Waals surface area (Å²) in [5.74, 6) is 0.302. The van der Waals surface area contributed by atoms with Crippen LogP contribution in [-0.4, -0.2) is 79.4 Å². The van der Waals surface area contributed by atoms with Gasteiger partial charge in [-0.2, -0.15) is 0 Å². The monoisotopic (exact) mass is 539 g/mol. The minimum atomic E-state index is -2.22. The van der Waals surface area contributed by atoms with E-state index in [1.54, 1.807) is 6.33 Å². The lowest BCUT2D eigenvalue weighted by atomic mass is 10.1. The molecule has 0 radical (unpaired) electrons. The van der Waals surface area contributed by atoms with Crippen LogP contribution in [0.3, 0.4) is 0 Å². The van der Waals surface area contributed by atoms with Gasteiger partial charge in [-0.25, -0.2) is 15.0 Å². The molecule has 0 aliphatic carbocycles. The van der Waals surface area contributed by atoms with Gasteiger partial charge in [-0.1, -0.05) is 41.5 Å². The Morgan fingerprint density at radius 2 is 1.64 bits per heavy atom. The first kappa shape index (κ1) is 29.1. The Balaban J connectivity index is 2.03. The van der Waals surface area contributed by atoms with Gasteiger partial charge in [-0.05, 0) is 36.3 Å². The van der Waals surface area contributed by atoms with Crippen molar-refractivity contribution < 1.29 is 23.4 Å². The van der Waals surface area contributed by atoms with Gasteiger partial charge in [0.2, 0.25) is 0 Å². The number of nitrogens with two attached hydrogens (primary N) is 1. The molecule has 36 heavy (non-hydrogen) atoms. The van der Waals surface area contributed by atoms with Crippen molar-refractivity contribution in [3.05, 3.63) is 12.7 Å². The number of nitrogen functional groups attached to an aromatic ring is 1. The van der Waals surface area contributed by atoms with Gasteiger partial charge in [0.15, 0.2) is 34.3 Å². The first-order valence-electron chi connectivity index (χ1n) is 12.6. The van der Waals surface area contributed by atoms with Crippen LogP contribution < -0.4 is 5.73 Å². The summed E-state index contributed by atoms with van der Waals surface area (Å²) in [6.07, 6.45) is 1.19. The molecule has 1 saturated heterocycles. The summed E-state index contributed by atoms with van der Waals surface area (Å²) in [7, 11) is -4.26. The highest BCUT2D eigenvalue weighted by Gasteiger charge is 2.52. The van der Waals surface area contributed by atoms with Crippen molar-refractivity contribution in [3.8, 4) is 0 Å². The predicted octanol–water partition coefficient (Wildman–Crippen LogP) is 4.10. The van der Waals surface area contributed by atoms with E-state index in [0.29, 0.717) is 23.6 Å². The second kappa shape index (κ2) is 10.4. The average Bonchev–Trinajstić information content (AvgIpc) is 3.31. The topological polar surface area (TPSA) is 127 Å². The van der Waals surface area contributed by atoms with Gasteiger partial charge in [0.05, 0.1) is 26.1 Å². The van der Waals surface area contributed by atoms with Gasteiger partial charge < -0.3 is 29.2 Å². The van der Waals surface area contributed by atoms with Crippen LogP contribution in [0.1, 0.15) is 47.8 Å². The normalized spacial score (nSPS) is 24.1. The van der Waals surface area contributed by atoms with E-state index < -0.39 is 35.1 Å². The molecule has 204 valence electrons. The van der Waals surface area contributed by atoms with Crippen molar-refractivity contribution in [2.45, 2.75) is 102 Å². The van der Waals surface area contributed by atoms with Crippen LogP contribution in [0.2, 0.25) is 36.3 Å². The van der Waals surface area contributed by atoms with Gasteiger partial charge in [0.1, 0.15) is 30.2 Å². The number of aliphatic hydroxyl groups excluding tert-OH is 1. The molecule has 4 atom stereocenters. The van der Waals surface area contributed by atoms with Crippen molar-refractivity contribution in [2.24, 2.45) is 0 Å². The van der Waals surface area contributed by atoms with E-state index in [2.05, 4.69) is 82.7 Å². The number of hydrogen-bond acceptors (Lipinski definition) is 9. The van der Waals surface area contributed by atoms with Crippen molar-refractivity contribution in [3.63, 3.8) is 0 Å². The van der Waals surface area contributed by atoms with Gasteiger partial charge in [-0.15, -0.1) is 0 Å². The summed E-state index contributed by atoms with van der Waals surface area (Å²) in [5, 5.41) is 9.64. The number of ether oxygens (including phenoxy) is 2. The van der Waals surface area contributed by atoms with Crippen LogP contribution in [-0.2, 0) is 18.3 Å². The zero-order valence-electron chi connectivity index (χ0n) is 23.5. The molecule has 0 spiro atoms. The second-order valence-corrected chi connectivity index (χ2v) is 22.2. The molecule has 3 N–H and O–H groups in total.